The van der Waals surface area contributed by atoms with Crippen molar-refractivity contribution in [3.8, 4) is 5.75 Å². The van der Waals surface area contributed by atoms with Crippen LogP contribution in [-0.2, 0) is 15.7 Å². The molecule has 0 bridgehead atoms. The Kier molecular flexibility index (Phi) is 4.96. The van der Waals surface area contributed by atoms with Crippen LogP contribution in [0.4, 0.5) is 0 Å². The largest absolute Gasteiger partial charge is 0.486 e. The van der Waals surface area contributed by atoms with E-state index in [1.54, 1.807) is 6.07 Å². The summed E-state index contributed by atoms with van der Waals surface area (Å²) < 4.78 is 29.2. The lowest BCUT2D eigenvalue weighted by Crippen LogP contribution is -2.01. The van der Waals surface area contributed by atoms with Crippen molar-refractivity contribution >= 4 is 47.3 Å². The van der Waals surface area contributed by atoms with Gasteiger partial charge in [-0.15, -0.1) is 0 Å². The van der Waals surface area contributed by atoms with Crippen molar-refractivity contribution in [3.05, 3.63) is 57.5 Å². The second kappa shape index (κ2) is 6.35. The van der Waals surface area contributed by atoms with E-state index in [0.717, 1.165) is 5.56 Å². The van der Waals surface area contributed by atoms with E-state index in [-0.39, 0.29) is 22.3 Å². The molecule has 0 saturated carbocycles. The number of hydrogen-bond acceptors (Lipinski definition) is 3. The molecule has 0 heterocycles. The third-order valence-electron chi connectivity index (χ3n) is 2.46. The van der Waals surface area contributed by atoms with E-state index in [2.05, 4.69) is 15.9 Å². The molecule has 20 heavy (non-hydrogen) atoms. The van der Waals surface area contributed by atoms with Gasteiger partial charge < -0.3 is 4.74 Å². The van der Waals surface area contributed by atoms with Crippen LogP contribution >= 0.6 is 38.2 Å². The molecule has 0 aliphatic rings. The molecule has 0 amide bonds. The van der Waals surface area contributed by atoms with Gasteiger partial charge in [0.2, 0.25) is 0 Å². The Bertz CT molecular complexity index is 718. The Morgan fingerprint density at radius 3 is 2.40 bits per heavy atom. The summed E-state index contributed by atoms with van der Waals surface area (Å²) in [6, 6.07) is 12.2. The van der Waals surface area contributed by atoms with E-state index in [1.807, 2.05) is 30.3 Å². The highest BCUT2D eigenvalue weighted by Gasteiger charge is 2.21. The van der Waals surface area contributed by atoms with Crippen LogP contribution in [0.5, 0.6) is 5.75 Å². The maximum atomic E-state index is 11.6. The Hall–Kier alpha value is -0.750. The summed E-state index contributed by atoms with van der Waals surface area (Å²) >= 11 is 9.20. The normalized spacial score (nSPS) is 11.3. The van der Waals surface area contributed by atoms with Crippen LogP contribution in [0.1, 0.15) is 5.56 Å². The number of rotatable bonds is 4. The fraction of sp³-hybridized carbons (Fsp3) is 0.0769. The molecular weight excluding hydrogens is 387 g/mol. The molecule has 0 atom stereocenters. The third kappa shape index (κ3) is 3.88. The average Bonchev–Trinajstić information content (AvgIpc) is 2.37. The SMILES string of the molecule is O=S(=O)(Cl)c1cc(Br)cc(Cl)c1OCc1ccccc1. The van der Waals surface area contributed by atoms with Gasteiger partial charge in [0.05, 0.1) is 5.02 Å². The number of benzene rings is 2. The number of hydrogen-bond donors (Lipinski definition) is 0. The smallest absolute Gasteiger partial charge is 0.265 e. The summed E-state index contributed by atoms with van der Waals surface area (Å²) in [7, 11) is 1.45. The molecule has 2 aromatic rings. The van der Waals surface area contributed by atoms with Crippen molar-refractivity contribution in [2.75, 3.05) is 0 Å². The molecule has 0 spiro atoms. The molecule has 0 fully saturated rings. The van der Waals surface area contributed by atoms with Crippen molar-refractivity contribution in [2.24, 2.45) is 0 Å². The van der Waals surface area contributed by atoms with Crippen molar-refractivity contribution in [3.63, 3.8) is 0 Å². The van der Waals surface area contributed by atoms with Crippen molar-refractivity contribution in [2.45, 2.75) is 11.5 Å². The molecule has 0 aliphatic carbocycles. The second-order valence-electron chi connectivity index (χ2n) is 3.93. The molecule has 0 N–H and O–H groups in total. The minimum absolute atomic E-state index is 0.0497. The quantitative estimate of drug-likeness (QED) is 0.710. The summed E-state index contributed by atoms with van der Waals surface area (Å²) in [5.41, 5.74) is 0.893. The van der Waals surface area contributed by atoms with Gasteiger partial charge in [-0.3, -0.25) is 0 Å². The first kappa shape index (κ1) is 15.6. The van der Waals surface area contributed by atoms with Crippen LogP contribution in [0.3, 0.4) is 0 Å². The van der Waals surface area contributed by atoms with Gasteiger partial charge in [-0.25, -0.2) is 8.42 Å². The zero-order valence-electron chi connectivity index (χ0n) is 10.0. The van der Waals surface area contributed by atoms with Gasteiger partial charge in [0.15, 0.2) is 5.75 Å². The van der Waals surface area contributed by atoms with Crippen molar-refractivity contribution < 1.29 is 13.2 Å². The Labute approximate surface area is 135 Å². The molecule has 0 saturated heterocycles. The van der Waals surface area contributed by atoms with Crippen LogP contribution in [0.2, 0.25) is 5.02 Å². The molecule has 0 aromatic heterocycles. The molecule has 2 rings (SSSR count). The number of ether oxygens (including phenoxy) is 1. The highest BCUT2D eigenvalue weighted by atomic mass is 79.9. The lowest BCUT2D eigenvalue weighted by molar-refractivity contribution is 0.298. The first-order chi connectivity index (χ1) is 9.38. The monoisotopic (exact) mass is 394 g/mol. The maximum Gasteiger partial charge on any atom is 0.265 e. The molecule has 0 radical (unpaired) electrons. The fourth-order valence-electron chi connectivity index (χ4n) is 1.59. The minimum Gasteiger partial charge on any atom is -0.486 e. The molecule has 0 aliphatic heterocycles. The van der Waals surface area contributed by atoms with Crippen LogP contribution in [0.15, 0.2) is 51.8 Å². The maximum absolute atomic E-state index is 11.6. The van der Waals surface area contributed by atoms with Crippen LogP contribution in [0.25, 0.3) is 0 Å². The molecule has 106 valence electrons. The van der Waals surface area contributed by atoms with E-state index < -0.39 is 9.05 Å². The molecular formula is C13H9BrCl2O3S. The predicted molar refractivity (Wildman–Crippen MR) is 83.0 cm³/mol. The van der Waals surface area contributed by atoms with Gasteiger partial charge in [-0.05, 0) is 17.7 Å². The molecule has 0 unspecified atom stereocenters. The van der Waals surface area contributed by atoms with Gasteiger partial charge in [0, 0.05) is 15.2 Å². The molecule has 2 aromatic carbocycles. The van der Waals surface area contributed by atoms with Crippen molar-refractivity contribution in [1.82, 2.24) is 0 Å². The van der Waals surface area contributed by atoms with Gasteiger partial charge in [-0.2, -0.15) is 0 Å². The average molecular weight is 396 g/mol. The van der Waals surface area contributed by atoms with Gasteiger partial charge in [-0.1, -0.05) is 57.9 Å². The van der Waals surface area contributed by atoms with Crippen LogP contribution in [0, 0.1) is 0 Å². The topological polar surface area (TPSA) is 43.4 Å². The minimum atomic E-state index is -3.95. The first-order valence-electron chi connectivity index (χ1n) is 5.48. The Balaban J connectivity index is 2.36. The van der Waals surface area contributed by atoms with Gasteiger partial charge >= 0.3 is 0 Å². The zero-order chi connectivity index (χ0) is 14.8. The predicted octanol–water partition coefficient (Wildman–Crippen LogP) is 4.61. The van der Waals surface area contributed by atoms with Crippen LogP contribution < -0.4 is 4.74 Å². The van der Waals surface area contributed by atoms with E-state index in [0.29, 0.717) is 4.47 Å². The highest BCUT2D eigenvalue weighted by molar-refractivity contribution is 9.10. The summed E-state index contributed by atoms with van der Waals surface area (Å²) in [4.78, 5) is -0.158. The van der Waals surface area contributed by atoms with E-state index in [9.17, 15) is 8.42 Å². The van der Waals surface area contributed by atoms with E-state index in [1.165, 1.54) is 6.07 Å². The first-order valence-corrected chi connectivity index (χ1v) is 8.96. The standard InChI is InChI=1S/C13H9BrCl2O3S/c14-10-6-11(15)13(12(7-10)20(16,17)18)19-8-9-4-2-1-3-5-9/h1-7H,8H2. The third-order valence-corrected chi connectivity index (χ3v) is 4.53. The van der Waals surface area contributed by atoms with Gasteiger partial charge in [0.25, 0.3) is 9.05 Å². The zero-order valence-corrected chi connectivity index (χ0v) is 13.9. The van der Waals surface area contributed by atoms with Gasteiger partial charge in [0.1, 0.15) is 11.5 Å². The van der Waals surface area contributed by atoms with Crippen molar-refractivity contribution in [1.29, 1.82) is 0 Å². The second-order valence-corrected chi connectivity index (χ2v) is 7.78. The lowest BCUT2D eigenvalue weighted by Gasteiger charge is -2.12. The number of halogens is 3. The molecule has 3 nitrogen and oxygen atoms in total. The molecule has 7 heteroatoms. The Morgan fingerprint density at radius 1 is 1.15 bits per heavy atom. The van der Waals surface area contributed by atoms with Crippen LogP contribution in [-0.4, -0.2) is 8.42 Å². The Morgan fingerprint density at radius 2 is 1.80 bits per heavy atom. The fourth-order valence-corrected chi connectivity index (χ4v) is 3.66. The lowest BCUT2D eigenvalue weighted by atomic mass is 10.2. The van der Waals surface area contributed by atoms with E-state index >= 15 is 0 Å². The van der Waals surface area contributed by atoms with E-state index in [4.69, 9.17) is 27.0 Å². The summed E-state index contributed by atoms with van der Waals surface area (Å²) in [5.74, 6) is 0.0497. The summed E-state index contributed by atoms with van der Waals surface area (Å²) in [6.45, 7) is 0.196. The summed E-state index contributed by atoms with van der Waals surface area (Å²) in [6.07, 6.45) is 0. The summed E-state index contributed by atoms with van der Waals surface area (Å²) in [5, 5.41) is 0.175. The highest BCUT2D eigenvalue weighted by Crippen LogP contribution is 2.37.